The molecule has 0 heterocycles. The fourth-order valence-corrected chi connectivity index (χ4v) is 6.08. The number of carbonyl (C=O) groups excluding carboxylic acids is 1. The number of amides is 1. The molecule has 0 spiro atoms. The van der Waals surface area contributed by atoms with Crippen molar-refractivity contribution in [2.45, 2.75) is 67.8 Å². The van der Waals surface area contributed by atoms with Gasteiger partial charge in [-0.1, -0.05) is 49.1 Å². The van der Waals surface area contributed by atoms with E-state index in [1.54, 1.807) is 36.0 Å². The molecule has 1 saturated carbocycles. The minimum absolute atomic E-state index is 0.137. The van der Waals surface area contributed by atoms with Crippen molar-refractivity contribution in [3.63, 3.8) is 0 Å². The van der Waals surface area contributed by atoms with Gasteiger partial charge >= 0.3 is 0 Å². The van der Waals surface area contributed by atoms with Gasteiger partial charge in [-0.05, 0) is 62.8 Å². The molecule has 31 heavy (non-hydrogen) atoms. The molecule has 0 aromatic heterocycles. The zero-order valence-electron chi connectivity index (χ0n) is 18.5. The predicted molar refractivity (Wildman–Crippen MR) is 127 cm³/mol. The quantitative estimate of drug-likeness (QED) is 0.568. The number of benzene rings is 2. The Hall–Kier alpha value is -1.83. The minimum atomic E-state index is -3.75. The van der Waals surface area contributed by atoms with Gasteiger partial charge in [0, 0.05) is 10.9 Å². The van der Waals surface area contributed by atoms with Gasteiger partial charge in [0.2, 0.25) is 15.9 Å². The van der Waals surface area contributed by atoms with Gasteiger partial charge < -0.3 is 5.32 Å². The molecule has 2 aromatic carbocycles. The summed E-state index contributed by atoms with van der Waals surface area (Å²) in [5.41, 5.74) is 2.00. The Balaban J connectivity index is 1.77. The Morgan fingerprint density at radius 1 is 1.06 bits per heavy atom. The van der Waals surface area contributed by atoms with E-state index in [9.17, 15) is 13.2 Å². The first-order valence-corrected chi connectivity index (χ1v) is 13.5. The second kappa shape index (κ2) is 10.7. The van der Waals surface area contributed by atoms with E-state index in [-0.39, 0.29) is 29.4 Å². The lowest BCUT2D eigenvalue weighted by atomic mass is 9.95. The molecule has 1 unspecified atom stereocenters. The lowest BCUT2D eigenvalue weighted by Gasteiger charge is -2.33. The first-order chi connectivity index (χ1) is 14.8. The van der Waals surface area contributed by atoms with Crippen molar-refractivity contribution in [2.24, 2.45) is 0 Å². The zero-order valence-corrected chi connectivity index (χ0v) is 20.1. The largest absolute Gasteiger partial charge is 0.348 e. The molecule has 1 amide bonds. The van der Waals surface area contributed by atoms with Gasteiger partial charge in [0.1, 0.15) is 0 Å². The van der Waals surface area contributed by atoms with E-state index in [0.717, 1.165) is 48.1 Å². The van der Waals surface area contributed by atoms with Crippen LogP contribution in [0.15, 0.2) is 58.3 Å². The third kappa shape index (κ3) is 6.11. The highest BCUT2D eigenvalue weighted by Crippen LogP contribution is 2.28. The SMILES string of the molecule is CSc1ccc(C(C)NC(=O)CN(C2CCCCC2)S(=O)(=O)c2ccc(C)cc2)cc1. The number of rotatable bonds is 8. The van der Waals surface area contributed by atoms with Crippen LogP contribution in [0.1, 0.15) is 56.2 Å². The van der Waals surface area contributed by atoms with Crippen molar-refractivity contribution in [3.05, 3.63) is 59.7 Å². The Morgan fingerprint density at radius 3 is 2.26 bits per heavy atom. The molecular formula is C24H32N2O3S2. The van der Waals surface area contributed by atoms with E-state index in [1.807, 2.05) is 44.4 Å². The number of sulfonamides is 1. The van der Waals surface area contributed by atoms with Crippen molar-refractivity contribution in [1.29, 1.82) is 0 Å². The summed E-state index contributed by atoms with van der Waals surface area (Å²) in [6.45, 7) is 3.69. The zero-order chi connectivity index (χ0) is 22.4. The van der Waals surface area contributed by atoms with Crippen LogP contribution in [-0.2, 0) is 14.8 Å². The molecule has 0 aliphatic heterocycles. The highest BCUT2D eigenvalue weighted by Gasteiger charge is 2.34. The number of hydrogen-bond acceptors (Lipinski definition) is 4. The minimum Gasteiger partial charge on any atom is -0.348 e. The Kier molecular flexibility index (Phi) is 8.19. The average Bonchev–Trinajstić information content (AvgIpc) is 2.78. The molecule has 1 aliphatic carbocycles. The molecule has 1 N–H and O–H groups in total. The molecule has 1 atom stereocenters. The van der Waals surface area contributed by atoms with E-state index in [2.05, 4.69) is 5.32 Å². The van der Waals surface area contributed by atoms with Gasteiger partial charge in [-0.15, -0.1) is 11.8 Å². The topological polar surface area (TPSA) is 66.5 Å². The summed E-state index contributed by atoms with van der Waals surface area (Å²) in [6, 6.07) is 14.6. The maximum atomic E-state index is 13.4. The Morgan fingerprint density at radius 2 is 1.68 bits per heavy atom. The molecule has 0 saturated heterocycles. The van der Waals surface area contributed by atoms with Gasteiger partial charge in [-0.25, -0.2) is 8.42 Å². The first kappa shape index (κ1) is 23.8. The summed E-state index contributed by atoms with van der Waals surface area (Å²) >= 11 is 1.67. The smallest absolute Gasteiger partial charge is 0.243 e. The van der Waals surface area contributed by atoms with Crippen LogP contribution in [0.2, 0.25) is 0 Å². The summed E-state index contributed by atoms with van der Waals surface area (Å²) in [7, 11) is -3.75. The predicted octanol–water partition coefficient (Wildman–Crippen LogP) is 4.92. The number of nitrogens with one attached hydrogen (secondary N) is 1. The van der Waals surface area contributed by atoms with Gasteiger partial charge in [-0.3, -0.25) is 4.79 Å². The van der Waals surface area contributed by atoms with Crippen LogP contribution < -0.4 is 5.32 Å². The van der Waals surface area contributed by atoms with Crippen LogP contribution >= 0.6 is 11.8 Å². The van der Waals surface area contributed by atoms with Crippen LogP contribution in [0.4, 0.5) is 0 Å². The summed E-state index contributed by atoms with van der Waals surface area (Å²) in [6.07, 6.45) is 6.71. The van der Waals surface area contributed by atoms with Gasteiger partial charge in [0.15, 0.2) is 0 Å². The summed E-state index contributed by atoms with van der Waals surface area (Å²) in [4.78, 5) is 14.3. The molecule has 1 aliphatic rings. The maximum absolute atomic E-state index is 13.4. The van der Waals surface area contributed by atoms with Crippen molar-refractivity contribution in [1.82, 2.24) is 9.62 Å². The molecule has 1 fully saturated rings. The number of hydrogen-bond donors (Lipinski definition) is 1. The normalized spacial score (nSPS) is 16.3. The first-order valence-electron chi connectivity index (χ1n) is 10.8. The highest BCUT2D eigenvalue weighted by atomic mass is 32.2. The Bertz CT molecular complexity index is 967. The molecule has 0 bridgehead atoms. The second-order valence-corrected chi connectivity index (χ2v) is 11.0. The number of thioether (sulfide) groups is 1. The number of carbonyl (C=O) groups is 1. The van der Waals surface area contributed by atoms with E-state index < -0.39 is 10.0 Å². The molecule has 7 heteroatoms. The molecule has 5 nitrogen and oxygen atoms in total. The van der Waals surface area contributed by atoms with Crippen molar-refractivity contribution < 1.29 is 13.2 Å². The fourth-order valence-electron chi connectivity index (χ4n) is 4.03. The Labute approximate surface area is 190 Å². The van der Waals surface area contributed by atoms with E-state index >= 15 is 0 Å². The van der Waals surface area contributed by atoms with Crippen LogP contribution in [0.3, 0.4) is 0 Å². The van der Waals surface area contributed by atoms with Crippen molar-refractivity contribution >= 4 is 27.7 Å². The highest BCUT2D eigenvalue weighted by molar-refractivity contribution is 7.98. The monoisotopic (exact) mass is 460 g/mol. The average molecular weight is 461 g/mol. The third-order valence-corrected chi connectivity index (χ3v) is 8.56. The van der Waals surface area contributed by atoms with Crippen molar-refractivity contribution in [2.75, 3.05) is 12.8 Å². The van der Waals surface area contributed by atoms with Gasteiger partial charge in [-0.2, -0.15) is 4.31 Å². The molecule has 168 valence electrons. The molecule has 0 radical (unpaired) electrons. The van der Waals surface area contributed by atoms with Crippen molar-refractivity contribution in [3.8, 4) is 0 Å². The number of nitrogens with zero attached hydrogens (tertiary/aromatic N) is 1. The third-order valence-electron chi connectivity index (χ3n) is 5.90. The number of aryl methyl sites for hydroxylation is 1. The van der Waals surface area contributed by atoms with E-state index in [4.69, 9.17) is 0 Å². The molecule has 3 rings (SSSR count). The fraction of sp³-hybridized carbons (Fsp3) is 0.458. The van der Waals surface area contributed by atoms with Crippen LogP contribution in [0, 0.1) is 6.92 Å². The lowest BCUT2D eigenvalue weighted by molar-refractivity contribution is -0.122. The standard InChI is InChI=1S/C24H32N2O3S2/c1-18-9-15-23(16-10-18)31(28,29)26(21-7-5-4-6-8-21)17-24(27)25-19(2)20-11-13-22(30-3)14-12-20/h9-16,19,21H,4-8,17H2,1-3H3,(H,25,27). The maximum Gasteiger partial charge on any atom is 0.243 e. The second-order valence-electron chi connectivity index (χ2n) is 8.22. The van der Waals surface area contributed by atoms with Crippen LogP contribution in [0.5, 0.6) is 0 Å². The van der Waals surface area contributed by atoms with Gasteiger partial charge in [0.05, 0.1) is 17.5 Å². The summed E-state index contributed by atoms with van der Waals surface area (Å²) < 4.78 is 28.3. The lowest BCUT2D eigenvalue weighted by Crippen LogP contribution is -2.47. The van der Waals surface area contributed by atoms with Crippen LogP contribution in [0.25, 0.3) is 0 Å². The molecular weight excluding hydrogens is 428 g/mol. The van der Waals surface area contributed by atoms with Gasteiger partial charge in [0.25, 0.3) is 0 Å². The van der Waals surface area contributed by atoms with Crippen LogP contribution in [-0.4, -0.2) is 37.5 Å². The van der Waals surface area contributed by atoms with E-state index in [0.29, 0.717) is 0 Å². The molecule has 2 aromatic rings. The van der Waals surface area contributed by atoms with E-state index in [1.165, 1.54) is 4.31 Å². The summed E-state index contributed by atoms with van der Waals surface area (Å²) in [5, 5.41) is 2.98. The summed E-state index contributed by atoms with van der Waals surface area (Å²) in [5.74, 6) is -0.275.